The summed E-state index contributed by atoms with van der Waals surface area (Å²) in [7, 11) is 0. The van der Waals surface area contributed by atoms with Gasteiger partial charge in [-0.1, -0.05) is 109 Å². The van der Waals surface area contributed by atoms with E-state index in [4.69, 9.17) is 13.0 Å². The van der Waals surface area contributed by atoms with Crippen LogP contribution in [0.1, 0.15) is 31.8 Å². The molecule has 4 heterocycles. The summed E-state index contributed by atoms with van der Waals surface area (Å²) in [5.74, 6) is 1.42. The summed E-state index contributed by atoms with van der Waals surface area (Å²) in [6, 6.07) is 44.3. The molecule has 57 heavy (non-hydrogen) atoms. The maximum atomic E-state index is 8.97. The molecular weight excluding hydrogens is 697 g/mol. The fourth-order valence-corrected chi connectivity index (χ4v) is 8.79. The molecule has 0 saturated carbocycles. The van der Waals surface area contributed by atoms with Gasteiger partial charge in [-0.25, -0.2) is 4.98 Å². The number of hydrogen-bond acceptors (Lipinski definition) is 3. The van der Waals surface area contributed by atoms with E-state index in [0.717, 1.165) is 22.3 Å². The number of aryl methyl sites for hydroxylation is 3. The quantitative estimate of drug-likeness (QED) is 0.176. The van der Waals surface area contributed by atoms with Crippen LogP contribution in [0.5, 0.6) is 11.5 Å². The van der Waals surface area contributed by atoms with Crippen LogP contribution in [0.2, 0.25) is 0 Å². The van der Waals surface area contributed by atoms with Crippen LogP contribution in [0.3, 0.4) is 0 Å². The highest BCUT2D eigenvalue weighted by atomic mass is 16.5. The number of nitrogens with zero attached hydrogens (tertiary/aromatic N) is 4. The summed E-state index contributed by atoms with van der Waals surface area (Å²) in [6.45, 7) is 6.37. The van der Waals surface area contributed by atoms with E-state index >= 15 is 0 Å². The largest absolute Gasteiger partial charge is 0.457 e. The molecule has 0 unspecified atom stereocenters. The molecule has 5 nitrogen and oxygen atoms in total. The first-order valence-electron chi connectivity index (χ1n) is 22.1. The first-order chi connectivity index (χ1) is 30.4. The zero-order valence-electron chi connectivity index (χ0n) is 37.7. The molecule has 5 heteroatoms. The normalized spacial score (nSPS) is 14.2. The molecular formula is C52H40N4O. The molecule has 274 valence electrons. The smallest absolute Gasteiger partial charge is 0.137 e. The van der Waals surface area contributed by atoms with Gasteiger partial charge in [0.25, 0.3) is 0 Å². The van der Waals surface area contributed by atoms with Crippen LogP contribution in [-0.4, -0.2) is 14.1 Å². The average molecular weight is 743 g/mol. The molecule has 0 saturated heterocycles. The van der Waals surface area contributed by atoms with Gasteiger partial charge in [0.2, 0.25) is 0 Å². The summed E-state index contributed by atoms with van der Waals surface area (Å²) < 4.78 is 62.5. The van der Waals surface area contributed by atoms with Crippen molar-refractivity contribution >= 4 is 76.5 Å². The minimum absolute atomic E-state index is 0.159. The number of fused-ring (bicyclic) bond motifs is 10. The molecule has 0 N–H and O–H groups in total. The average Bonchev–Trinajstić information content (AvgIpc) is 3.84. The van der Waals surface area contributed by atoms with Gasteiger partial charge in [0.1, 0.15) is 24.0 Å². The molecule has 0 fully saturated rings. The number of ether oxygens (including phenoxy) is 1. The van der Waals surface area contributed by atoms with Crippen LogP contribution in [0.15, 0.2) is 164 Å². The zero-order chi connectivity index (χ0) is 43.5. The fourth-order valence-electron chi connectivity index (χ4n) is 8.79. The highest BCUT2D eigenvalue weighted by molar-refractivity contribution is 6.21. The third-order valence-electron chi connectivity index (χ3n) is 11.3. The Balaban J connectivity index is 1.08. The Morgan fingerprint density at radius 2 is 1.37 bits per heavy atom. The van der Waals surface area contributed by atoms with E-state index in [1.54, 1.807) is 16.7 Å². The van der Waals surface area contributed by atoms with Crippen molar-refractivity contribution < 1.29 is 13.0 Å². The summed E-state index contributed by atoms with van der Waals surface area (Å²) in [5, 5.41) is 8.05. The van der Waals surface area contributed by atoms with Gasteiger partial charge in [0.15, 0.2) is 0 Å². The van der Waals surface area contributed by atoms with E-state index in [1.165, 1.54) is 56.7 Å². The molecule has 7 aromatic carbocycles. The van der Waals surface area contributed by atoms with Crippen molar-refractivity contribution in [2.45, 2.75) is 33.8 Å². The predicted octanol–water partition coefficient (Wildman–Crippen LogP) is 13.8. The van der Waals surface area contributed by atoms with Gasteiger partial charge in [0.05, 0.1) is 33.2 Å². The number of benzene rings is 7. The Labute approximate surface area is 339 Å². The van der Waals surface area contributed by atoms with E-state index in [-0.39, 0.29) is 29.7 Å². The molecule has 0 atom stereocenters. The Morgan fingerprint density at radius 1 is 0.632 bits per heavy atom. The van der Waals surface area contributed by atoms with Crippen molar-refractivity contribution in [3.05, 3.63) is 181 Å². The highest BCUT2D eigenvalue weighted by Gasteiger charge is 2.25. The minimum Gasteiger partial charge on any atom is -0.457 e. The molecule has 1 aliphatic rings. The van der Waals surface area contributed by atoms with Gasteiger partial charge in [-0.2, -0.15) is 0 Å². The second-order valence-corrected chi connectivity index (χ2v) is 14.7. The number of pyridine rings is 1. The Morgan fingerprint density at radius 3 is 2.25 bits per heavy atom. The topological polar surface area (TPSA) is 35.2 Å². The van der Waals surface area contributed by atoms with Crippen molar-refractivity contribution in [2.75, 3.05) is 4.90 Å². The van der Waals surface area contributed by atoms with E-state index in [9.17, 15) is 0 Å². The molecule has 0 spiro atoms. The number of para-hydroxylation sites is 3. The molecule has 10 aromatic rings. The Kier molecular flexibility index (Phi) is 6.26. The first-order valence-corrected chi connectivity index (χ1v) is 19.1. The van der Waals surface area contributed by atoms with Crippen molar-refractivity contribution in [2.24, 2.45) is 0 Å². The lowest BCUT2D eigenvalue weighted by Crippen LogP contribution is -2.14. The lowest BCUT2D eigenvalue weighted by atomic mass is 9.99. The molecule has 0 bridgehead atoms. The molecule has 0 aliphatic carbocycles. The third kappa shape index (κ3) is 5.26. The Bertz CT molecular complexity index is 3660. The number of rotatable bonds is 5. The highest BCUT2D eigenvalue weighted by Crippen LogP contribution is 2.44. The van der Waals surface area contributed by atoms with Gasteiger partial charge < -0.3 is 14.2 Å². The number of aromatic nitrogens is 3. The number of hydrogen-bond donors (Lipinski definition) is 0. The van der Waals surface area contributed by atoms with Crippen molar-refractivity contribution in [3.63, 3.8) is 0 Å². The first kappa shape index (κ1) is 27.5. The van der Waals surface area contributed by atoms with E-state index in [2.05, 4.69) is 113 Å². The van der Waals surface area contributed by atoms with Crippen LogP contribution in [-0.2, 0) is 13.0 Å². The molecule has 3 aromatic heterocycles. The van der Waals surface area contributed by atoms with Crippen LogP contribution in [0.4, 0.5) is 11.4 Å². The van der Waals surface area contributed by atoms with Gasteiger partial charge in [-0.15, -0.1) is 0 Å². The van der Waals surface area contributed by atoms with Gasteiger partial charge in [-0.3, -0.25) is 4.57 Å². The minimum atomic E-state index is -1.67. The number of anilines is 2. The zero-order valence-corrected chi connectivity index (χ0v) is 31.7. The molecule has 11 rings (SSSR count). The summed E-state index contributed by atoms with van der Waals surface area (Å²) in [6.07, 6.45) is -0.150. The SMILES string of the molecule is [2H]c1c([2H])c([2H])c2c(c1[2H])c1ccc(Oc3cccc(N4Cn5c6c(C)cccc6c6cc(C)ccc6c6ccccc6c6cccc4c65)c3)cc1n2-c1cc(C([2H])([2H])C)ccn1. The molecule has 1 aliphatic heterocycles. The van der Waals surface area contributed by atoms with E-state index in [1.807, 2.05) is 36.4 Å². The molecule has 0 amide bonds. The summed E-state index contributed by atoms with van der Waals surface area (Å²) >= 11 is 0. The lowest BCUT2D eigenvalue weighted by molar-refractivity contribution is 0.483. The van der Waals surface area contributed by atoms with Crippen molar-refractivity contribution in [1.82, 2.24) is 14.1 Å². The van der Waals surface area contributed by atoms with Gasteiger partial charge >= 0.3 is 0 Å². The fraction of sp³-hybridized carbons (Fsp3) is 0.0962. The predicted molar refractivity (Wildman–Crippen MR) is 238 cm³/mol. The van der Waals surface area contributed by atoms with Crippen molar-refractivity contribution in [1.29, 1.82) is 0 Å². The lowest BCUT2D eigenvalue weighted by Gasteiger charge is -2.21. The van der Waals surface area contributed by atoms with E-state index in [0.29, 0.717) is 45.8 Å². The second-order valence-electron chi connectivity index (χ2n) is 14.7. The van der Waals surface area contributed by atoms with Crippen LogP contribution < -0.4 is 9.64 Å². The van der Waals surface area contributed by atoms with Crippen LogP contribution >= 0.6 is 0 Å². The maximum Gasteiger partial charge on any atom is 0.137 e. The van der Waals surface area contributed by atoms with Crippen LogP contribution in [0.25, 0.3) is 71.0 Å². The summed E-state index contributed by atoms with van der Waals surface area (Å²) in [5.41, 5.74) is 7.91. The Hall–Kier alpha value is -7.11. The molecule has 0 radical (unpaired) electrons. The van der Waals surface area contributed by atoms with Gasteiger partial charge in [-0.05, 0) is 101 Å². The second kappa shape index (κ2) is 13.0. The van der Waals surface area contributed by atoms with Crippen molar-refractivity contribution in [3.8, 4) is 17.3 Å². The standard InChI is InChI=1S/C52H40N4O/c1-4-35-26-27-53-50(29-35)56-47-20-8-7-17-42(47)43-25-23-38(31-49(43)56)57-37-14-10-13-36(30-37)54-32-55-51-34(3)12-9-18-45(51)46-28-33(2)22-24-41(46)39-15-5-6-16-40(39)44-19-11-21-48(54)52(44)55/h5-31H,4,32H2,1-3H3/i4D2,7D,8D,17D,20D. The monoisotopic (exact) mass is 742 g/mol. The van der Waals surface area contributed by atoms with Gasteiger partial charge in [0, 0.05) is 48.3 Å². The third-order valence-corrected chi connectivity index (χ3v) is 11.3. The summed E-state index contributed by atoms with van der Waals surface area (Å²) in [4.78, 5) is 6.92. The maximum absolute atomic E-state index is 8.97. The van der Waals surface area contributed by atoms with Crippen LogP contribution in [0, 0.1) is 13.8 Å². The van der Waals surface area contributed by atoms with E-state index < -0.39 is 6.37 Å².